The molecule has 3 aromatic rings. The van der Waals surface area contributed by atoms with Crippen molar-refractivity contribution in [3.05, 3.63) is 83.8 Å². The molecule has 1 amide bonds. The third-order valence-corrected chi connectivity index (χ3v) is 4.16. The standard InChI is InChI=1S/C21H20F2N4O/c1-14(2)27(12-15-6-4-3-5-7-15)21(28)19-11-20(25-13-24-19)26-16-8-9-17(22)18(23)10-16/h3-11,13-14H,12H2,1-2H3,(H,24,25,26). The number of nitrogens with zero attached hydrogens (tertiary/aromatic N) is 3. The number of carbonyl (C=O) groups excluding carboxylic acids is 1. The summed E-state index contributed by atoms with van der Waals surface area (Å²) < 4.78 is 26.5. The molecule has 0 aliphatic rings. The summed E-state index contributed by atoms with van der Waals surface area (Å²) in [6, 6.07) is 14.6. The van der Waals surface area contributed by atoms with Crippen LogP contribution >= 0.6 is 0 Å². The first-order valence-electron chi connectivity index (χ1n) is 8.83. The summed E-state index contributed by atoms with van der Waals surface area (Å²) in [5.41, 5.74) is 1.55. The topological polar surface area (TPSA) is 58.1 Å². The van der Waals surface area contributed by atoms with Gasteiger partial charge in [0.1, 0.15) is 17.8 Å². The smallest absolute Gasteiger partial charge is 0.273 e. The first kappa shape index (κ1) is 19.4. The maximum atomic E-state index is 13.4. The average molecular weight is 382 g/mol. The molecule has 1 aromatic heterocycles. The van der Waals surface area contributed by atoms with Gasteiger partial charge in [-0.15, -0.1) is 0 Å². The zero-order valence-electron chi connectivity index (χ0n) is 15.6. The van der Waals surface area contributed by atoms with E-state index in [2.05, 4.69) is 15.3 Å². The van der Waals surface area contributed by atoms with Gasteiger partial charge in [0.25, 0.3) is 5.91 Å². The number of carbonyl (C=O) groups is 1. The highest BCUT2D eigenvalue weighted by molar-refractivity contribution is 5.93. The molecule has 2 aromatic carbocycles. The van der Waals surface area contributed by atoms with Crippen LogP contribution in [0.4, 0.5) is 20.3 Å². The third-order valence-electron chi connectivity index (χ3n) is 4.16. The van der Waals surface area contributed by atoms with E-state index in [0.717, 1.165) is 17.7 Å². The molecule has 0 aliphatic heterocycles. The van der Waals surface area contributed by atoms with E-state index in [-0.39, 0.29) is 17.6 Å². The molecule has 0 fully saturated rings. The number of nitrogens with one attached hydrogen (secondary N) is 1. The number of amides is 1. The van der Waals surface area contributed by atoms with Gasteiger partial charge in [0, 0.05) is 30.4 Å². The van der Waals surface area contributed by atoms with Crippen LogP contribution in [0.1, 0.15) is 29.9 Å². The van der Waals surface area contributed by atoms with Gasteiger partial charge in [-0.25, -0.2) is 18.7 Å². The van der Waals surface area contributed by atoms with Gasteiger partial charge in [-0.05, 0) is 31.5 Å². The van der Waals surface area contributed by atoms with Gasteiger partial charge in [0.15, 0.2) is 11.6 Å². The van der Waals surface area contributed by atoms with Crippen LogP contribution in [0.25, 0.3) is 0 Å². The van der Waals surface area contributed by atoms with Crippen molar-refractivity contribution < 1.29 is 13.6 Å². The number of hydrogen-bond donors (Lipinski definition) is 1. The largest absolute Gasteiger partial charge is 0.340 e. The minimum absolute atomic E-state index is 0.0368. The van der Waals surface area contributed by atoms with E-state index in [1.165, 1.54) is 18.5 Å². The Balaban J connectivity index is 1.80. The van der Waals surface area contributed by atoms with Gasteiger partial charge in [-0.3, -0.25) is 4.79 Å². The van der Waals surface area contributed by atoms with Gasteiger partial charge in [0.2, 0.25) is 0 Å². The molecule has 0 aliphatic carbocycles. The minimum atomic E-state index is -0.968. The lowest BCUT2D eigenvalue weighted by Crippen LogP contribution is -2.36. The summed E-state index contributed by atoms with van der Waals surface area (Å²) in [7, 11) is 0. The lowest BCUT2D eigenvalue weighted by atomic mass is 10.1. The molecule has 0 spiro atoms. The lowest BCUT2D eigenvalue weighted by Gasteiger charge is -2.26. The first-order valence-corrected chi connectivity index (χ1v) is 8.83. The van der Waals surface area contributed by atoms with Crippen molar-refractivity contribution in [1.29, 1.82) is 0 Å². The second-order valence-corrected chi connectivity index (χ2v) is 6.55. The molecule has 7 heteroatoms. The van der Waals surface area contributed by atoms with Gasteiger partial charge in [0.05, 0.1) is 0 Å². The quantitative estimate of drug-likeness (QED) is 0.680. The SMILES string of the molecule is CC(C)N(Cc1ccccc1)C(=O)c1cc(Nc2ccc(F)c(F)c2)ncn1. The summed E-state index contributed by atoms with van der Waals surface area (Å²) in [4.78, 5) is 22.8. The van der Waals surface area contributed by atoms with E-state index in [0.29, 0.717) is 18.1 Å². The molecule has 0 saturated heterocycles. The maximum Gasteiger partial charge on any atom is 0.273 e. The second kappa shape index (κ2) is 8.56. The Morgan fingerprint density at radius 3 is 2.46 bits per heavy atom. The molecule has 28 heavy (non-hydrogen) atoms. The van der Waals surface area contributed by atoms with Crippen molar-refractivity contribution >= 4 is 17.4 Å². The molecule has 5 nitrogen and oxygen atoms in total. The fraction of sp³-hybridized carbons (Fsp3) is 0.190. The fourth-order valence-corrected chi connectivity index (χ4v) is 2.68. The molecule has 144 valence electrons. The summed E-state index contributed by atoms with van der Waals surface area (Å²) in [5, 5.41) is 2.86. The monoisotopic (exact) mass is 382 g/mol. The van der Waals surface area contributed by atoms with Gasteiger partial charge in [-0.2, -0.15) is 0 Å². The van der Waals surface area contributed by atoms with Crippen molar-refractivity contribution in [2.24, 2.45) is 0 Å². The summed E-state index contributed by atoms with van der Waals surface area (Å²) >= 11 is 0. The fourth-order valence-electron chi connectivity index (χ4n) is 2.68. The summed E-state index contributed by atoms with van der Waals surface area (Å²) in [6.07, 6.45) is 1.26. The lowest BCUT2D eigenvalue weighted by molar-refractivity contribution is 0.0684. The highest BCUT2D eigenvalue weighted by atomic mass is 19.2. The highest BCUT2D eigenvalue weighted by Crippen LogP contribution is 2.19. The van der Waals surface area contributed by atoms with Crippen molar-refractivity contribution in [3.8, 4) is 0 Å². The number of anilines is 2. The Kier molecular flexibility index (Phi) is 5.93. The van der Waals surface area contributed by atoms with Crippen LogP contribution in [0, 0.1) is 11.6 Å². The Morgan fingerprint density at radius 1 is 1.04 bits per heavy atom. The van der Waals surface area contributed by atoms with Crippen molar-refractivity contribution in [2.75, 3.05) is 5.32 Å². The van der Waals surface area contributed by atoms with Crippen LogP contribution in [0.15, 0.2) is 60.9 Å². The van der Waals surface area contributed by atoms with E-state index in [9.17, 15) is 13.6 Å². The molecule has 0 bridgehead atoms. The molecule has 0 saturated carbocycles. The number of benzene rings is 2. The molecule has 1 N–H and O–H groups in total. The van der Waals surface area contributed by atoms with Gasteiger partial charge < -0.3 is 10.2 Å². The van der Waals surface area contributed by atoms with E-state index in [1.807, 2.05) is 44.2 Å². The molecular weight excluding hydrogens is 362 g/mol. The van der Waals surface area contributed by atoms with Gasteiger partial charge >= 0.3 is 0 Å². The highest BCUT2D eigenvalue weighted by Gasteiger charge is 2.21. The predicted molar refractivity (Wildman–Crippen MR) is 103 cm³/mol. The minimum Gasteiger partial charge on any atom is -0.340 e. The van der Waals surface area contributed by atoms with Crippen LogP contribution in [0.5, 0.6) is 0 Å². The normalized spacial score (nSPS) is 10.8. The van der Waals surface area contributed by atoms with Crippen molar-refractivity contribution in [1.82, 2.24) is 14.9 Å². The van der Waals surface area contributed by atoms with Crippen molar-refractivity contribution in [3.63, 3.8) is 0 Å². The van der Waals surface area contributed by atoms with Crippen LogP contribution in [-0.2, 0) is 6.54 Å². The number of halogens is 2. The zero-order chi connectivity index (χ0) is 20.1. The Labute approximate surface area is 162 Å². The molecule has 0 atom stereocenters. The Bertz CT molecular complexity index is 964. The molecule has 0 unspecified atom stereocenters. The molecule has 1 heterocycles. The van der Waals surface area contributed by atoms with E-state index in [4.69, 9.17) is 0 Å². The zero-order valence-corrected chi connectivity index (χ0v) is 15.6. The summed E-state index contributed by atoms with van der Waals surface area (Å²) in [6.45, 7) is 4.32. The van der Waals surface area contributed by atoms with Crippen LogP contribution < -0.4 is 5.32 Å². The van der Waals surface area contributed by atoms with E-state index >= 15 is 0 Å². The predicted octanol–water partition coefficient (Wildman–Crippen LogP) is 4.55. The van der Waals surface area contributed by atoms with Crippen LogP contribution in [0.2, 0.25) is 0 Å². The second-order valence-electron chi connectivity index (χ2n) is 6.55. The van der Waals surface area contributed by atoms with E-state index < -0.39 is 11.6 Å². The van der Waals surface area contributed by atoms with Crippen LogP contribution in [-0.4, -0.2) is 26.8 Å². The van der Waals surface area contributed by atoms with Crippen LogP contribution in [0.3, 0.4) is 0 Å². The Morgan fingerprint density at radius 2 is 1.79 bits per heavy atom. The summed E-state index contributed by atoms with van der Waals surface area (Å²) in [5.74, 6) is -1.83. The molecule has 0 radical (unpaired) electrons. The first-order chi connectivity index (χ1) is 13.4. The van der Waals surface area contributed by atoms with E-state index in [1.54, 1.807) is 4.90 Å². The number of hydrogen-bond acceptors (Lipinski definition) is 4. The third kappa shape index (κ3) is 4.68. The number of rotatable bonds is 6. The maximum absolute atomic E-state index is 13.4. The van der Waals surface area contributed by atoms with Crippen molar-refractivity contribution in [2.45, 2.75) is 26.4 Å². The average Bonchev–Trinajstić information content (AvgIpc) is 2.69. The molecular formula is C21H20F2N4O. The molecule has 3 rings (SSSR count). The Hall–Kier alpha value is -3.35. The number of aromatic nitrogens is 2. The van der Waals surface area contributed by atoms with Gasteiger partial charge in [-0.1, -0.05) is 30.3 Å².